The molecule has 0 aliphatic heterocycles. The molecule has 0 N–H and O–H groups in total. The van der Waals surface area contributed by atoms with Crippen LogP contribution in [0.25, 0.3) is 76.8 Å². The molecule has 0 atom stereocenters. The number of nitrogens with zero attached hydrogens (tertiary/aromatic N) is 5. The van der Waals surface area contributed by atoms with Crippen LogP contribution in [0.15, 0.2) is 128 Å². The molecule has 0 spiro atoms. The summed E-state index contributed by atoms with van der Waals surface area (Å²) in [6.07, 6.45) is 3.75. The van der Waals surface area contributed by atoms with Crippen LogP contribution in [0.3, 0.4) is 0 Å². The number of aromatic nitrogens is 5. The average molecular weight is 512 g/mol. The van der Waals surface area contributed by atoms with Crippen LogP contribution in [0, 0.1) is 0 Å². The van der Waals surface area contributed by atoms with Gasteiger partial charge in [0.1, 0.15) is 5.52 Å². The van der Waals surface area contributed by atoms with Gasteiger partial charge in [0.05, 0.1) is 28.1 Å². The van der Waals surface area contributed by atoms with Crippen LogP contribution in [0.5, 0.6) is 0 Å². The molecule has 5 aromatic carbocycles. The Hall–Kier alpha value is -5.55. The highest BCUT2D eigenvalue weighted by Crippen LogP contribution is 2.40. The first kappa shape index (κ1) is 21.4. The number of para-hydroxylation sites is 2. The van der Waals surface area contributed by atoms with Crippen molar-refractivity contribution in [2.24, 2.45) is 0 Å². The summed E-state index contributed by atoms with van der Waals surface area (Å²) in [5.41, 5.74) is 7.00. The standard InChI is InChI=1S/C35H21N5/c1-2-9-24(10-3-1)39-31-21-36-19-18-28(31)33-34(39)32-27-12-6-7-13-30(27)40(35(32)38-37-33)25-17-16-23-15-14-22-8-4-5-11-26(22)29(23)20-25/h1-21H. The zero-order chi connectivity index (χ0) is 26.2. The molecule has 4 aromatic heterocycles. The van der Waals surface area contributed by atoms with Gasteiger partial charge in [-0.25, -0.2) is 0 Å². The van der Waals surface area contributed by atoms with Crippen LogP contribution in [0.2, 0.25) is 0 Å². The van der Waals surface area contributed by atoms with Gasteiger partial charge >= 0.3 is 0 Å². The molecule has 9 rings (SSSR count). The minimum atomic E-state index is 0.834. The molecular formula is C35H21N5. The van der Waals surface area contributed by atoms with Crippen LogP contribution < -0.4 is 0 Å². The molecule has 4 heterocycles. The number of fused-ring (bicyclic) bond motifs is 10. The van der Waals surface area contributed by atoms with Crippen LogP contribution in [-0.2, 0) is 0 Å². The average Bonchev–Trinajstić information content (AvgIpc) is 3.54. The van der Waals surface area contributed by atoms with Crippen LogP contribution >= 0.6 is 0 Å². The number of benzene rings is 5. The summed E-state index contributed by atoms with van der Waals surface area (Å²) in [6, 6.07) is 40.7. The molecule has 0 amide bonds. The van der Waals surface area contributed by atoms with Gasteiger partial charge in [-0.15, -0.1) is 10.2 Å². The van der Waals surface area contributed by atoms with Crippen molar-refractivity contribution < 1.29 is 0 Å². The first-order chi connectivity index (χ1) is 19.9. The van der Waals surface area contributed by atoms with E-state index in [0.29, 0.717) is 0 Å². The number of rotatable bonds is 2. The molecule has 0 aliphatic carbocycles. The van der Waals surface area contributed by atoms with Crippen molar-refractivity contribution in [2.75, 3.05) is 0 Å². The lowest BCUT2D eigenvalue weighted by molar-refractivity contribution is 1.05. The molecule has 5 heteroatoms. The fraction of sp³-hybridized carbons (Fsp3) is 0. The summed E-state index contributed by atoms with van der Waals surface area (Å²) < 4.78 is 4.53. The van der Waals surface area contributed by atoms with Crippen molar-refractivity contribution in [1.82, 2.24) is 24.3 Å². The molecule has 0 radical (unpaired) electrons. The highest BCUT2D eigenvalue weighted by molar-refractivity contribution is 6.23. The first-order valence-electron chi connectivity index (χ1n) is 13.4. The molecule has 5 nitrogen and oxygen atoms in total. The third kappa shape index (κ3) is 2.83. The van der Waals surface area contributed by atoms with Gasteiger partial charge in [0.2, 0.25) is 0 Å². The fourth-order valence-corrected chi connectivity index (χ4v) is 6.34. The van der Waals surface area contributed by atoms with Crippen molar-refractivity contribution in [1.29, 1.82) is 0 Å². The molecule has 0 unspecified atom stereocenters. The second-order valence-corrected chi connectivity index (χ2v) is 10.2. The smallest absolute Gasteiger partial charge is 0.170 e. The Morgan fingerprint density at radius 1 is 0.500 bits per heavy atom. The number of hydrogen-bond donors (Lipinski definition) is 0. The number of pyridine rings is 1. The van der Waals surface area contributed by atoms with Crippen LogP contribution in [0.1, 0.15) is 0 Å². The molecule has 9 aromatic rings. The van der Waals surface area contributed by atoms with E-state index in [1.807, 2.05) is 24.5 Å². The summed E-state index contributed by atoms with van der Waals surface area (Å²) in [6.45, 7) is 0. The Balaban J connectivity index is 1.47. The van der Waals surface area contributed by atoms with Gasteiger partial charge in [0, 0.05) is 28.3 Å². The van der Waals surface area contributed by atoms with Gasteiger partial charge in [-0.2, -0.15) is 0 Å². The van der Waals surface area contributed by atoms with Crippen molar-refractivity contribution in [3.05, 3.63) is 128 Å². The zero-order valence-electron chi connectivity index (χ0n) is 21.4. The molecule has 0 aliphatic rings. The van der Waals surface area contributed by atoms with Crippen molar-refractivity contribution >= 4 is 65.4 Å². The summed E-state index contributed by atoms with van der Waals surface area (Å²) >= 11 is 0. The van der Waals surface area contributed by atoms with Crippen LogP contribution in [0.4, 0.5) is 0 Å². The largest absolute Gasteiger partial charge is 0.305 e. The van der Waals surface area contributed by atoms with Crippen molar-refractivity contribution in [3.63, 3.8) is 0 Å². The Bertz CT molecular complexity index is 2430. The van der Waals surface area contributed by atoms with E-state index in [-0.39, 0.29) is 0 Å². The zero-order valence-corrected chi connectivity index (χ0v) is 21.4. The Labute approximate surface area is 228 Å². The van der Waals surface area contributed by atoms with Gasteiger partial charge in [0.25, 0.3) is 0 Å². The van der Waals surface area contributed by atoms with E-state index in [1.54, 1.807) is 0 Å². The second-order valence-electron chi connectivity index (χ2n) is 10.2. The lowest BCUT2D eigenvalue weighted by Crippen LogP contribution is -1.98. The normalized spacial score (nSPS) is 12.0. The number of hydrogen-bond acceptors (Lipinski definition) is 3. The molecule has 40 heavy (non-hydrogen) atoms. The Morgan fingerprint density at radius 2 is 1.25 bits per heavy atom. The van der Waals surface area contributed by atoms with E-state index in [9.17, 15) is 0 Å². The van der Waals surface area contributed by atoms with E-state index >= 15 is 0 Å². The van der Waals surface area contributed by atoms with Gasteiger partial charge in [-0.3, -0.25) is 9.55 Å². The summed E-state index contributed by atoms with van der Waals surface area (Å²) in [5, 5.41) is 17.9. The lowest BCUT2D eigenvalue weighted by Gasteiger charge is -2.10. The maximum absolute atomic E-state index is 4.90. The third-order valence-electron chi connectivity index (χ3n) is 8.08. The quantitative estimate of drug-likeness (QED) is 0.219. The Morgan fingerprint density at radius 3 is 2.15 bits per heavy atom. The van der Waals surface area contributed by atoms with E-state index in [0.717, 1.165) is 55.2 Å². The van der Waals surface area contributed by atoms with Gasteiger partial charge in [0.15, 0.2) is 5.65 Å². The van der Waals surface area contributed by atoms with Crippen molar-refractivity contribution in [2.45, 2.75) is 0 Å². The minimum Gasteiger partial charge on any atom is -0.305 e. The third-order valence-corrected chi connectivity index (χ3v) is 8.08. The maximum Gasteiger partial charge on any atom is 0.170 e. The molecule has 0 fully saturated rings. The van der Waals surface area contributed by atoms with E-state index in [4.69, 9.17) is 10.2 Å². The molecular weight excluding hydrogens is 490 g/mol. The Kier molecular flexibility index (Phi) is 4.27. The fourth-order valence-electron chi connectivity index (χ4n) is 6.34. The molecule has 0 saturated carbocycles. The predicted octanol–water partition coefficient (Wildman–Crippen LogP) is 8.37. The van der Waals surface area contributed by atoms with Gasteiger partial charge < -0.3 is 4.57 Å². The predicted molar refractivity (Wildman–Crippen MR) is 164 cm³/mol. The molecule has 0 saturated heterocycles. The topological polar surface area (TPSA) is 48.5 Å². The first-order valence-corrected chi connectivity index (χ1v) is 13.4. The highest BCUT2D eigenvalue weighted by Gasteiger charge is 2.23. The summed E-state index contributed by atoms with van der Waals surface area (Å²) in [4.78, 5) is 4.47. The summed E-state index contributed by atoms with van der Waals surface area (Å²) in [5.74, 6) is 0. The van der Waals surface area contributed by atoms with Crippen LogP contribution in [-0.4, -0.2) is 24.3 Å². The highest BCUT2D eigenvalue weighted by atomic mass is 15.2. The van der Waals surface area contributed by atoms with Crippen molar-refractivity contribution in [3.8, 4) is 11.4 Å². The van der Waals surface area contributed by atoms with E-state index < -0.39 is 0 Å². The maximum atomic E-state index is 4.90. The molecule has 0 bridgehead atoms. The monoisotopic (exact) mass is 511 g/mol. The SMILES string of the molecule is c1ccc(-n2c3cnccc3c3nnc4c(c5ccccc5n4-c4ccc5ccc6ccccc6c5c4)c32)cc1. The van der Waals surface area contributed by atoms with E-state index in [2.05, 4.69) is 117 Å². The minimum absolute atomic E-state index is 0.834. The lowest BCUT2D eigenvalue weighted by atomic mass is 10.0. The van der Waals surface area contributed by atoms with Gasteiger partial charge in [-0.1, -0.05) is 78.9 Å². The summed E-state index contributed by atoms with van der Waals surface area (Å²) in [7, 11) is 0. The van der Waals surface area contributed by atoms with E-state index in [1.165, 1.54) is 21.5 Å². The van der Waals surface area contributed by atoms with Gasteiger partial charge in [-0.05, 0) is 57.9 Å². The second kappa shape index (κ2) is 7.98. The molecule has 186 valence electrons.